The molecule has 0 saturated heterocycles. The minimum absolute atomic E-state index is 0.380. The third kappa shape index (κ3) is 4.64. The van der Waals surface area contributed by atoms with Crippen molar-refractivity contribution < 1.29 is 9.53 Å². The molecule has 2 aromatic heterocycles. The first kappa shape index (κ1) is 22.6. The van der Waals surface area contributed by atoms with Gasteiger partial charge in [0.2, 0.25) is 0 Å². The van der Waals surface area contributed by atoms with Gasteiger partial charge in [0.15, 0.2) is 5.65 Å². The smallest absolute Gasteiger partial charge is 0.413 e. The molecular formula is C25H26ClN5O2. The van der Waals surface area contributed by atoms with Crippen LogP contribution in [0, 0.1) is 6.92 Å². The lowest BCUT2D eigenvalue weighted by atomic mass is 10.0. The van der Waals surface area contributed by atoms with Crippen molar-refractivity contribution in [2.24, 2.45) is 0 Å². The number of nitrogens with one attached hydrogen (secondary N) is 2. The lowest BCUT2D eigenvalue weighted by molar-refractivity contribution is 0.0635. The number of carbonyl (C=O) groups excluding carboxylic acids is 1. The molecule has 4 rings (SSSR count). The molecule has 8 heteroatoms. The monoisotopic (exact) mass is 463 g/mol. The summed E-state index contributed by atoms with van der Waals surface area (Å²) in [6.07, 6.45) is 0.866. The van der Waals surface area contributed by atoms with Crippen LogP contribution in [0.25, 0.3) is 27.8 Å². The fraction of sp³-hybridized carbons (Fsp3) is 0.240. The number of rotatable bonds is 4. The van der Waals surface area contributed by atoms with Crippen molar-refractivity contribution in [1.29, 1.82) is 0 Å². The molecule has 2 aromatic carbocycles. The predicted molar refractivity (Wildman–Crippen MR) is 133 cm³/mol. The summed E-state index contributed by atoms with van der Waals surface area (Å²) in [6.45, 7) is 7.47. The van der Waals surface area contributed by atoms with E-state index >= 15 is 0 Å². The highest BCUT2D eigenvalue weighted by atomic mass is 35.5. The van der Waals surface area contributed by atoms with Crippen LogP contribution in [0.3, 0.4) is 0 Å². The van der Waals surface area contributed by atoms with Crippen molar-refractivity contribution in [2.75, 3.05) is 17.7 Å². The summed E-state index contributed by atoms with van der Waals surface area (Å²) < 4.78 is 7.52. The molecule has 4 aromatic rings. The van der Waals surface area contributed by atoms with Crippen molar-refractivity contribution in [3.8, 4) is 16.8 Å². The number of fused-ring (bicyclic) bond motifs is 1. The van der Waals surface area contributed by atoms with Crippen molar-refractivity contribution in [3.63, 3.8) is 0 Å². The van der Waals surface area contributed by atoms with Crippen LogP contribution in [0.5, 0.6) is 0 Å². The molecule has 0 aliphatic carbocycles. The minimum Gasteiger partial charge on any atom is -0.444 e. The Hall–Kier alpha value is -3.58. The molecule has 33 heavy (non-hydrogen) atoms. The van der Waals surface area contributed by atoms with Crippen molar-refractivity contribution in [1.82, 2.24) is 14.5 Å². The highest BCUT2D eigenvalue weighted by Gasteiger charge is 2.24. The minimum atomic E-state index is -0.634. The molecule has 2 heterocycles. The number of halogens is 1. The second kappa shape index (κ2) is 8.75. The van der Waals surface area contributed by atoms with Crippen LogP contribution in [-0.2, 0) is 4.74 Å². The first-order valence-corrected chi connectivity index (χ1v) is 11.0. The zero-order valence-electron chi connectivity index (χ0n) is 19.2. The number of aromatic nitrogens is 3. The molecule has 7 nitrogen and oxygen atoms in total. The van der Waals surface area contributed by atoms with E-state index in [-0.39, 0.29) is 0 Å². The lowest BCUT2D eigenvalue weighted by Gasteiger charge is -2.19. The Morgan fingerprint density at radius 1 is 1.09 bits per heavy atom. The normalized spacial score (nSPS) is 11.5. The van der Waals surface area contributed by atoms with Gasteiger partial charge in [-0.3, -0.25) is 9.88 Å². The second-order valence-corrected chi connectivity index (χ2v) is 9.09. The molecule has 0 aliphatic rings. The van der Waals surface area contributed by atoms with E-state index in [1.165, 1.54) is 6.33 Å². The molecule has 0 unspecified atom stereocenters. The Morgan fingerprint density at radius 2 is 1.82 bits per heavy atom. The van der Waals surface area contributed by atoms with E-state index in [0.29, 0.717) is 16.5 Å². The summed E-state index contributed by atoms with van der Waals surface area (Å²) in [5.74, 6) is 0.380. The largest absolute Gasteiger partial charge is 0.444 e. The molecule has 2 N–H and O–H groups in total. The number of nitrogens with zero attached hydrogens (tertiary/aromatic N) is 3. The second-order valence-electron chi connectivity index (χ2n) is 8.65. The van der Waals surface area contributed by atoms with Crippen LogP contribution in [0.2, 0.25) is 5.02 Å². The van der Waals surface area contributed by atoms with Gasteiger partial charge in [0.1, 0.15) is 17.7 Å². The molecule has 0 radical (unpaired) electrons. The molecular weight excluding hydrogens is 438 g/mol. The van der Waals surface area contributed by atoms with Gasteiger partial charge in [0.05, 0.1) is 5.39 Å². The summed E-state index contributed by atoms with van der Waals surface area (Å²) in [5.41, 5.74) is 4.75. The molecule has 0 aliphatic heterocycles. The van der Waals surface area contributed by atoms with E-state index in [1.807, 2.05) is 83.3 Å². The molecule has 0 fully saturated rings. The average molecular weight is 464 g/mol. The quantitative estimate of drug-likeness (QED) is 0.364. The van der Waals surface area contributed by atoms with E-state index < -0.39 is 11.7 Å². The molecule has 0 atom stereocenters. The highest BCUT2D eigenvalue weighted by Crippen LogP contribution is 2.39. The summed E-state index contributed by atoms with van der Waals surface area (Å²) in [7, 11) is 1.88. The summed E-state index contributed by atoms with van der Waals surface area (Å²) >= 11 is 6.14. The Morgan fingerprint density at radius 3 is 2.48 bits per heavy atom. The van der Waals surface area contributed by atoms with Gasteiger partial charge < -0.3 is 10.1 Å². The lowest BCUT2D eigenvalue weighted by Crippen LogP contribution is -2.27. The molecule has 0 spiro atoms. The third-order valence-electron chi connectivity index (χ3n) is 5.13. The summed E-state index contributed by atoms with van der Waals surface area (Å²) in [5, 5.41) is 7.35. The predicted octanol–water partition coefficient (Wildman–Crippen LogP) is 6.44. The zero-order valence-corrected chi connectivity index (χ0v) is 20.0. The van der Waals surface area contributed by atoms with E-state index in [1.54, 1.807) is 0 Å². The van der Waals surface area contributed by atoms with Gasteiger partial charge in [0, 0.05) is 34.7 Å². The van der Waals surface area contributed by atoms with Crippen LogP contribution >= 0.6 is 11.6 Å². The number of hydrogen-bond acceptors (Lipinski definition) is 5. The number of anilines is 2. The van der Waals surface area contributed by atoms with Crippen LogP contribution in [0.4, 0.5) is 16.3 Å². The molecule has 0 saturated carbocycles. The van der Waals surface area contributed by atoms with Gasteiger partial charge in [-0.25, -0.2) is 14.8 Å². The van der Waals surface area contributed by atoms with Crippen LogP contribution in [-0.4, -0.2) is 33.3 Å². The first-order chi connectivity index (χ1) is 15.7. The Balaban J connectivity index is 1.97. The van der Waals surface area contributed by atoms with Crippen molar-refractivity contribution in [2.45, 2.75) is 33.3 Å². The topological polar surface area (TPSA) is 81.1 Å². The highest BCUT2D eigenvalue weighted by molar-refractivity contribution is 6.30. The Labute approximate surface area is 197 Å². The van der Waals surface area contributed by atoms with E-state index in [9.17, 15) is 4.79 Å². The van der Waals surface area contributed by atoms with Gasteiger partial charge in [-0.1, -0.05) is 29.8 Å². The standard InChI is InChI=1S/C25H26ClN5O2/c1-15-20(16-9-11-17(26)12-10-16)21-22(30-24(32)33-25(2,3)4)28-14-29-23(21)31(15)19-8-6-7-18(13-19)27-5/h6-14,27H,1-5H3,(H,28,29,30,32). The molecule has 1 amide bonds. The Kier molecular flexibility index (Phi) is 5.99. The van der Waals surface area contributed by atoms with Gasteiger partial charge in [0.25, 0.3) is 0 Å². The van der Waals surface area contributed by atoms with E-state index in [2.05, 4.69) is 25.2 Å². The SMILES string of the molecule is CNc1cccc(-n2c(C)c(-c3ccc(Cl)cc3)c3c(NC(=O)OC(C)(C)C)ncnc32)c1. The van der Waals surface area contributed by atoms with Crippen LogP contribution in [0.1, 0.15) is 26.5 Å². The Bertz CT molecular complexity index is 1320. The maximum atomic E-state index is 12.6. The fourth-order valence-electron chi connectivity index (χ4n) is 3.81. The maximum absolute atomic E-state index is 12.6. The summed E-state index contributed by atoms with van der Waals surface area (Å²) in [4.78, 5) is 21.6. The number of benzene rings is 2. The molecule has 0 bridgehead atoms. The van der Waals surface area contributed by atoms with Crippen molar-refractivity contribution >= 4 is 40.2 Å². The number of amides is 1. The third-order valence-corrected chi connectivity index (χ3v) is 5.38. The van der Waals surface area contributed by atoms with Crippen molar-refractivity contribution in [3.05, 3.63) is 65.6 Å². The van der Waals surface area contributed by atoms with Gasteiger partial charge in [-0.15, -0.1) is 0 Å². The van der Waals surface area contributed by atoms with Gasteiger partial charge in [-0.05, 0) is 63.6 Å². The van der Waals surface area contributed by atoms with Crippen LogP contribution < -0.4 is 10.6 Å². The first-order valence-electron chi connectivity index (χ1n) is 10.6. The number of hydrogen-bond donors (Lipinski definition) is 2. The zero-order chi connectivity index (χ0) is 23.8. The van der Waals surface area contributed by atoms with Gasteiger partial charge >= 0.3 is 6.09 Å². The van der Waals surface area contributed by atoms with Crippen LogP contribution in [0.15, 0.2) is 54.9 Å². The number of carbonyl (C=O) groups is 1. The number of ether oxygens (including phenoxy) is 1. The van der Waals surface area contributed by atoms with E-state index in [0.717, 1.165) is 33.6 Å². The van der Waals surface area contributed by atoms with Gasteiger partial charge in [-0.2, -0.15) is 0 Å². The summed E-state index contributed by atoms with van der Waals surface area (Å²) in [6, 6.07) is 15.6. The molecule has 170 valence electrons. The average Bonchev–Trinajstić information content (AvgIpc) is 3.06. The maximum Gasteiger partial charge on any atom is 0.413 e. The fourth-order valence-corrected chi connectivity index (χ4v) is 3.93. The van der Waals surface area contributed by atoms with E-state index in [4.69, 9.17) is 16.3 Å².